The van der Waals surface area contributed by atoms with Gasteiger partial charge in [0.05, 0.1) is 30.3 Å². The summed E-state index contributed by atoms with van der Waals surface area (Å²) < 4.78 is 30.1. The van der Waals surface area contributed by atoms with Gasteiger partial charge in [-0.3, -0.25) is 9.48 Å². The molecule has 1 saturated heterocycles. The minimum atomic E-state index is -3.01. The average molecular weight is 349 g/mol. The predicted molar refractivity (Wildman–Crippen MR) is 90.2 cm³/mol. The van der Waals surface area contributed by atoms with Crippen molar-refractivity contribution in [3.8, 4) is 5.75 Å². The first-order valence-electron chi connectivity index (χ1n) is 7.60. The molecule has 0 saturated carbocycles. The van der Waals surface area contributed by atoms with Gasteiger partial charge in [0.1, 0.15) is 5.75 Å². The highest BCUT2D eigenvalue weighted by molar-refractivity contribution is 7.91. The van der Waals surface area contributed by atoms with Crippen molar-refractivity contribution in [2.24, 2.45) is 0 Å². The number of nitrogens with zero attached hydrogens (tertiary/aromatic N) is 2. The summed E-state index contributed by atoms with van der Waals surface area (Å²) in [4.78, 5) is 12.4. The van der Waals surface area contributed by atoms with Gasteiger partial charge in [-0.15, -0.1) is 0 Å². The predicted octanol–water partition coefficient (Wildman–Crippen LogP) is 1.81. The van der Waals surface area contributed by atoms with Crippen LogP contribution in [0.25, 0.3) is 0 Å². The lowest BCUT2D eigenvalue weighted by Crippen LogP contribution is -2.17. The first-order chi connectivity index (χ1) is 11.4. The molecule has 0 spiro atoms. The molecular formula is C16H19N3O4S. The van der Waals surface area contributed by atoms with E-state index in [1.54, 1.807) is 28.9 Å². The van der Waals surface area contributed by atoms with Crippen molar-refractivity contribution in [1.82, 2.24) is 9.78 Å². The van der Waals surface area contributed by atoms with Crippen LogP contribution in [0.1, 0.15) is 28.6 Å². The molecule has 7 nitrogen and oxygen atoms in total. The Kier molecular flexibility index (Phi) is 4.31. The summed E-state index contributed by atoms with van der Waals surface area (Å²) in [6, 6.07) is 8.56. The summed E-state index contributed by atoms with van der Waals surface area (Å²) in [5.74, 6) is 0.439. The number of nitrogens with one attached hydrogen (secondary N) is 1. The van der Waals surface area contributed by atoms with E-state index in [1.807, 2.05) is 13.0 Å². The van der Waals surface area contributed by atoms with E-state index in [4.69, 9.17) is 4.74 Å². The molecule has 2 heterocycles. The van der Waals surface area contributed by atoms with Gasteiger partial charge in [0.25, 0.3) is 5.91 Å². The molecule has 0 aliphatic carbocycles. The zero-order valence-electron chi connectivity index (χ0n) is 13.5. The number of aromatic nitrogens is 2. The number of carbonyl (C=O) groups excluding carboxylic acids is 1. The summed E-state index contributed by atoms with van der Waals surface area (Å²) in [6.45, 7) is 1.82. The number of para-hydroxylation sites is 2. The summed E-state index contributed by atoms with van der Waals surface area (Å²) in [5, 5.41) is 7.08. The molecule has 24 heavy (non-hydrogen) atoms. The zero-order valence-corrected chi connectivity index (χ0v) is 14.3. The Balaban J connectivity index is 1.80. The van der Waals surface area contributed by atoms with Gasteiger partial charge in [0, 0.05) is 5.69 Å². The number of sulfone groups is 1. The van der Waals surface area contributed by atoms with Gasteiger partial charge >= 0.3 is 0 Å². The highest BCUT2D eigenvalue weighted by Gasteiger charge is 2.31. The topological polar surface area (TPSA) is 90.3 Å². The van der Waals surface area contributed by atoms with Crippen LogP contribution in [-0.4, -0.2) is 42.7 Å². The molecule has 128 valence electrons. The van der Waals surface area contributed by atoms with Gasteiger partial charge in [-0.2, -0.15) is 5.10 Å². The van der Waals surface area contributed by atoms with Crippen LogP contribution in [0.2, 0.25) is 0 Å². The second kappa shape index (κ2) is 6.27. The molecule has 1 fully saturated rings. The van der Waals surface area contributed by atoms with Crippen LogP contribution in [-0.2, 0) is 9.84 Å². The average Bonchev–Trinajstić information content (AvgIpc) is 3.10. The number of rotatable bonds is 4. The molecule has 2 aromatic rings. The fourth-order valence-corrected chi connectivity index (χ4v) is 4.56. The van der Waals surface area contributed by atoms with Gasteiger partial charge in [0.2, 0.25) is 0 Å². The molecule has 1 atom stereocenters. The van der Waals surface area contributed by atoms with Crippen molar-refractivity contribution in [3.63, 3.8) is 0 Å². The third kappa shape index (κ3) is 3.28. The second-order valence-corrected chi connectivity index (χ2v) is 8.06. The minimum Gasteiger partial charge on any atom is -0.495 e. The lowest BCUT2D eigenvalue weighted by atomic mass is 10.2. The number of ether oxygens (including phenoxy) is 1. The van der Waals surface area contributed by atoms with Gasteiger partial charge in [-0.05, 0) is 31.5 Å². The molecule has 0 radical (unpaired) electrons. The number of hydrogen-bond donors (Lipinski definition) is 1. The molecule has 1 N–H and O–H groups in total. The number of benzene rings is 1. The van der Waals surface area contributed by atoms with Crippen LogP contribution in [0.3, 0.4) is 0 Å². The van der Waals surface area contributed by atoms with Crippen molar-refractivity contribution in [1.29, 1.82) is 0 Å². The number of methoxy groups -OCH3 is 1. The number of hydrogen-bond acceptors (Lipinski definition) is 5. The Morgan fingerprint density at radius 1 is 1.38 bits per heavy atom. The van der Waals surface area contributed by atoms with E-state index in [-0.39, 0.29) is 29.1 Å². The van der Waals surface area contributed by atoms with Crippen molar-refractivity contribution < 1.29 is 17.9 Å². The van der Waals surface area contributed by atoms with Crippen LogP contribution < -0.4 is 10.1 Å². The third-order valence-electron chi connectivity index (χ3n) is 4.06. The Labute approximate surface area is 140 Å². The van der Waals surface area contributed by atoms with E-state index in [0.29, 0.717) is 17.9 Å². The van der Waals surface area contributed by atoms with E-state index >= 15 is 0 Å². The standard InChI is InChI=1S/C16H19N3O4S/c1-11-9-14(18-19(11)12-7-8-24(21,22)10-12)16(20)17-13-5-3-4-6-15(13)23-2/h3-6,9,12H,7-8,10H2,1-2H3,(H,17,20). The Bertz CT molecular complexity index is 873. The fourth-order valence-electron chi connectivity index (χ4n) is 2.87. The third-order valence-corrected chi connectivity index (χ3v) is 5.81. The largest absolute Gasteiger partial charge is 0.495 e. The SMILES string of the molecule is COc1ccccc1NC(=O)c1cc(C)n(C2CCS(=O)(=O)C2)n1. The highest BCUT2D eigenvalue weighted by atomic mass is 32.2. The number of aryl methyl sites for hydroxylation is 1. The Morgan fingerprint density at radius 2 is 2.12 bits per heavy atom. The van der Waals surface area contributed by atoms with Gasteiger partial charge in [-0.25, -0.2) is 8.42 Å². The van der Waals surface area contributed by atoms with Crippen LogP contribution in [0.15, 0.2) is 30.3 Å². The highest BCUT2D eigenvalue weighted by Crippen LogP contribution is 2.26. The quantitative estimate of drug-likeness (QED) is 0.909. The molecule has 3 rings (SSSR count). The van der Waals surface area contributed by atoms with Gasteiger partial charge < -0.3 is 10.1 Å². The second-order valence-electron chi connectivity index (χ2n) is 5.83. The van der Waals surface area contributed by atoms with Crippen molar-refractivity contribution >= 4 is 21.4 Å². The zero-order chi connectivity index (χ0) is 17.3. The van der Waals surface area contributed by atoms with E-state index in [1.165, 1.54) is 7.11 Å². The summed E-state index contributed by atoms with van der Waals surface area (Å²) >= 11 is 0. The van der Waals surface area contributed by atoms with Gasteiger partial charge in [-0.1, -0.05) is 12.1 Å². The number of amides is 1. The van der Waals surface area contributed by atoms with Crippen LogP contribution in [0, 0.1) is 6.92 Å². The number of carbonyl (C=O) groups is 1. The fraction of sp³-hybridized carbons (Fsp3) is 0.375. The van der Waals surface area contributed by atoms with Crippen molar-refractivity contribution in [2.45, 2.75) is 19.4 Å². The summed E-state index contributed by atoms with van der Waals surface area (Å²) in [5.41, 5.74) is 1.57. The van der Waals surface area contributed by atoms with Gasteiger partial charge in [0.15, 0.2) is 15.5 Å². The normalized spacial score (nSPS) is 19.2. The van der Waals surface area contributed by atoms with E-state index in [9.17, 15) is 13.2 Å². The van der Waals surface area contributed by atoms with Crippen LogP contribution >= 0.6 is 0 Å². The molecule has 1 aliphatic rings. The number of anilines is 1. The van der Waals surface area contributed by atoms with E-state index in [0.717, 1.165) is 5.69 Å². The van der Waals surface area contributed by atoms with Crippen LogP contribution in [0.5, 0.6) is 5.75 Å². The summed E-state index contributed by atoms with van der Waals surface area (Å²) in [6.07, 6.45) is 0.526. The maximum absolute atomic E-state index is 12.4. The van der Waals surface area contributed by atoms with E-state index in [2.05, 4.69) is 10.4 Å². The van der Waals surface area contributed by atoms with Crippen molar-refractivity contribution in [3.05, 3.63) is 41.7 Å². The monoisotopic (exact) mass is 349 g/mol. The Hall–Kier alpha value is -2.35. The first-order valence-corrected chi connectivity index (χ1v) is 9.43. The smallest absolute Gasteiger partial charge is 0.276 e. The molecule has 0 bridgehead atoms. The molecular weight excluding hydrogens is 330 g/mol. The molecule has 1 aromatic heterocycles. The first kappa shape index (κ1) is 16.5. The van der Waals surface area contributed by atoms with Crippen molar-refractivity contribution in [2.75, 3.05) is 23.9 Å². The van der Waals surface area contributed by atoms with E-state index < -0.39 is 9.84 Å². The molecule has 1 unspecified atom stereocenters. The Morgan fingerprint density at radius 3 is 2.79 bits per heavy atom. The maximum atomic E-state index is 12.4. The molecule has 1 aliphatic heterocycles. The lowest BCUT2D eigenvalue weighted by molar-refractivity contribution is 0.102. The molecule has 1 amide bonds. The summed E-state index contributed by atoms with van der Waals surface area (Å²) in [7, 11) is -1.47. The molecule has 8 heteroatoms. The van der Waals surface area contributed by atoms with Crippen LogP contribution in [0.4, 0.5) is 5.69 Å². The maximum Gasteiger partial charge on any atom is 0.276 e. The molecule has 1 aromatic carbocycles. The minimum absolute atomic E-state index is 0.0725. The lowest BCUT2D eigenvalue weighted by Gasteiger charge is -2.10.